The number of esters is 1. The molecule has 0 radical (unpaired) electrons. The number of hydrogen-bond donors (Lipinski definition) is 3. The Balaban J connectivity index is 1.44. The normalized spacial score (nSPS) is 22.9. The second-order valence-electron chi connectivity index (χ2n) is 8.47. The van der Waals surface area contributed by atoms with Crippen molar-refractivity contribution in [2.24, 2.45) is 0 Å². The second kappa shape index (κ2) is 10.5. The predicted octanol–water partition coefficient (Wildman–Crippen LogP) is 0.889. The number of fused-ring (bicyclic) bond motifs is 1. The van der Waals surface area contributed by atoms with E-state index in [0.29, 0.717) is 5.56 Å². The van der Waals surface area contributed by atoms with Gasteiger partial charge in [0.2, 0.25) is 10.9 Å². The smallest absolute Gasteiger partial charge is 0.346 e. The number of hydrogen-bond acceptors (Lipinski definition) is 12. The summed E-state index contributed by atoms with van der Waals surface area (Å²) < 4.78 is 33.8. The number of alkyl halides is 1. The molecular formula is C22H23ClFN9O5. The Morgan fingerprint density at radius 1 is 1.34 bits per heavy atom. The molecule has 1 saturated heterocycles. The number of carbonyl (C=O) groups excluding carboxylic acids is 1. The molecule has 0 spiro atoms. The van der Waals surface area contributed by atoms with Crippen molar-refractivity contribution in [3.63, 3.8) is 0 Å². The van der Waals surface area contributed by atoms with Crippen LogP contribution in [0.5, 0.6) is 0 Å². The van der Waals surface area contributed by atoms with E-state index in [2.05, 4.69) is 35.6 Å². The van der Waals surface area contributed by atoms with Gasteiger partial charge >= 0.3 is 5.97 Å². The molecule has 1 aliphatic heterocycles. The highest BCUT2D eigenvalue weighted by Crippen LogP contribution is 2.36. The Labute approximate surface area is 219 Å². The molecule has 1 fully saturated rings. The van der Waals surface area contributed by atoms with E-state index in [4.69, 9.17) is 31.5 Å². The van der Waals surface area contributed by atoms with Crippen molar-refractivity contribution in [3.05, 3.63) is 53.3 Å². The zero-order valence-electron chi connectivity index (χ0n) is 19.9. The van der Waals surface area contributed by atoms with Crippen molar-refractivity contribution in [2.75, 3.05) is 18.9 Å². The van der Waals surface area contributed by atoms with E-state index in [1.807, 2.05) is 6.07 Å². The molecule has 5 rings (SSSR count). The maximum absolute atomic E-state index is 15.3. The topological polar surface area (TPSA) is 189 Å². The summed E-state index contributed by atoms with van der Waals surface area (Å²) >= 11 is 5.91. The molecular weight excluding hydrogens is 525 g/mol. The van der Waals surface area contributed by atoms with Crippen LogP contribution >= 0.6 is 11.6 Å². The summed E-state index contributed by atoms with van der Waals surface area (Å²) in [5, 5.41) is 24.2. The molecule has 38 heavy (non-hydrogen) atoms. The number of carbonyl (C=O) groups is 1. The van der Waals surface area contributed by atoms with E-state index in [-0.39, 0.29) is 41.1 Å². The average molecular weight is 548 g/mol. The molecule has 1 aromatic carbocycles. The van der Waals surface area contributed by atoms with Gasteiger partial charge in [0.05, 0.1) is 19.5 Å². The highest BCUT2D eigenvalue weighted by atomic mass is 35.5. The fourth-order valence-corrected chi connectivity index (χ4v) is 4.45. The molecule has 5 atom stereocenters. The van der Waals surface area contributed by atoms with E-state index in [1.54, 1.807) is 31.2 Å². The van der Waals surface area contributed by atoms with E-state index in [1.165, 1.54) is 10.9 Å². The number of nitrogens with zero attached hydrogens (tertiary/aromatic N) is 7. The predicted molar refractivity (Wildman–Crippen MR) is 128 cm³/mol. The van der Waals surface area contributed by atoms with Gasteiger partial charge in [-0.05, 0) is 34.5 Å². The first-order chi connectivity index (χ1) is 18.3. The van der Waals surface area contributed by atoms with Crippen LogP contribution in [0.2, 0.25) is 5.28 Å². The SMILES string of the molecule is CCOC(=O)C(Cc1ccccc1)(OC[C@H]1O[C@@H](n2cnc3c(N)nc(Cl)nc32)[C@@H](F)[C@@H]1O)c1nnn[nH]1. The Hall–Kier alpha value is -3.79. The molecule has 200 valence electrons. The number of H-pyrrole nitrogens is 1. The lowest BCUT2D eigenvalue weighted by Gasteiger charge is -2.30. The van der Waals surface area contributed by atoms with Crippen LogP contribution in [0, 0.1) is 0 Å². The number of rotatable bonds is 9. The number of tetrazole rings is 1. The first-order valence-electron chi connectivity index (χ1n) is 11.6. The van der Waals surface area contributed by atoms with Crippen LogP contribution in [-0.2, 0) is 31.0 Å². The van der Waals surface area contributed by atoms with Crippen molar-refractivity contribution in [2.45, 2.75) is 43.6 Å². The molecule has 0 amide bonds. The van der Waals surface area contributed by atoms with Crippen LogP contribution in [0.4, 0.5) is 10.2 Å². The number of aromatic amines is 1. The molecule has 1 unspecified atom stereocenters. The molecule has 4 N–H and O–H groups in total. The standard InChI is InChI=1S/C22H23ClFN9O5/c1-2-36-20(35)22(19-29-31-32-30-19,8-11-6-4-3-5-7-11)37-9-12-15(34)13(24)18(38-12)33-10-26-14-16(25)27-21(23)28-17(14)33/h3-7,10,12-13,15,18,34H,2,8-9H2,1H3,(H2,25,27,28)(H,29,30,31,32)/t12-,13+,15-,18-,22?/m1/s1. The van der Waals surface area contributed by atoms with Gasteiger partial charge in [-0.2, -0.15) is 9.97 Å². The number of nitrogen functional groups attached to an aromatic ring is 1. The van der Waals surface area contributed by atoms with Crippen LogP contribution in [0.15, 0.2) is 36.7 Å². The van der Waals surface area contributed by atoms with Crippen molar-refractivity contribution >= 4 is 34.6 Å². The second-order valence-corrected chi connectivity index (χ2v) is 8.81. The quantitative estimate of drug-likeness (QED) is 0.198. The van der Waals surface area contributed by atoms with Crippen LogP contribution in [0.1, 0.15) is 24.5 Å². The van der Waals surface area contributed by atoms with Crippen molar-refractivity contribution in [1.82, 2.24) is 40.1 Å². The molecule has 1 aliphatic rings. The third-order valence-electron chi connectivity index (χ3n) is 6.11. The van der Waals surface area contributed by atoms with Crippen LogP contribution in [0.25, 0.3) is 11.2 Å². The molecule has 16 heteroatoms. The lowest BCUT2D eigenvalue weighted by molar-refractivity contribution is -0.183. The number of ether oxygens (including phenoxy) is 3. The maximum atomic E-state index is 15.3. The van der Waals surface area contributed by atoms with Gasteiger partial charge in [0.25, 0.3) is 0 Å². The molecule has 14 nitrogen and oxygen atoms in total. The number of aliphatic hydroxyl groups excluding tert-OH is 1. The molecule has 0 bridgehead atoms. The Morgan fingerprint density at radius 3 is 2.84 bits per heavy atom. The van der Waals surface area contributed by atoms with Gasteiger partial charge in [-0.1, -0.05) is 30.3 Å². The third kappa shape index (κ3) is 4.64. The van der Waals surface area contributed by atoms with Gasteiger partial charge in [0, 0.05) is 6.42 Å². The van der Waals surface area contributed by atoms with E-state index < -0.39 is 42.8 Å². The van der Waals surface area contributed by atoms with E-state index in [0.717, 1.165) is 0 Å². The van der Waals surface area contributed by atoms with Crippen LogP contribution in [0.3, 0.4) is 0 Å². The Kier molecular flexibility index (Phi) is 7.16. The summed E-state index contributed by atoms with van der Waals surface area (Å²) in [6.45, 7) is 1.28. The summed E-state index contributed by atoms with van der Waals surface area (Å²) in [4.78, 5) is 25.3. The van der Waals surface area contributed by atoms with Gasteiger partial charge in [-0.15, -0.1) is 5.10 Å². The molecule has 4 heterocycles. The number of nitrogens with one attached hydrogen (secondary N) is 1. The number of nitrogens with two attached hydrogens (primary N) is 1. The summed E-state index contributed by atoms with van der Waals surface area (Å²) in [6.07, 6.45) is -4.84. The zero-order chi connectivity index (χ0) is 26.9. The minimum atomic E-state index is -1.91. The monoisotopic (exact) mass is 547 g/mol. The number of benzene rings is 1. The van der Waals surface area contributed by atoms with Gasteiger partial charge in [0.15, 0.2) is 29.7 Å². The third-order valence-corrected chi connectivity index (χ3v) is 6.28. The van der Waals surface area contributed by atoms with Gasteiger partial charge in [-0.25, -0.2) is 19.3 Å². The fraction of sp³-hybridized carbons (Fsp3) is 0.409. The molecule has 0 aliphatic carbocycles. The number of halogens is 2. The number of aliphatic hydroxyl groups is 1. The Bertz CT molecular complexity index is 1410. The minimum Gasteiger partial charge on any atom is -0.463 e. The van der Waals surface area contributed by atoms with Crippen molar-refractivity contribution in [3.8, 4) is 0 Å². The molecule has 4 aromatic rings. The fourth-order valence-electron chi connectivity index (χ4n) is 4.28. The molecule has 0 saturated carbocycles. The van der Waals surface area contributed by atoms with Gasteiger partial charge in [0.1, 0.15) is 17.7 Å². The van der Waals surface area contributed by atoms with Gasteiger partial charge in [-0.3, -0.25) is 4.57 Å². The highest BCUT2D eigenvalue weighted by molar-refractivity contribution is 6.28. The van der Waals surface area contributed by atoms with E-state index >= 15 is 4.39 Å². The zero-order valence-corrected chi connectivity index (χ0v) is 20.7. The number of imidazole rings is 1. The minimum absolute atomic E-state index is 0.00776. The Morgan fingerprint density at radius 2 is 2.13 bits per heavy atom. The lowest BCUT2D eigenvalue weighted by Crippen LogP contribution is -2.46. The highest BCUT2D eigenvalue weighted by Gasteiger charge is 2.51. The van der Waals surface area contributed by atoms with Crippen LogP contribution < -0.4 is 5.73 Å². The van der Waals surface area contributed by atoms with Crippen LogP contribution in [-0.4, -0.2) is 82.8 Å². The summed E-state index contributed by atoms with van der Waals surface area (Å²) in [6, 6.07) is 8.99. The summed E-state index contributed by atoms with van der Waals surface area (Å²) in [7, 11) is 0. The first-order valence-corrected chi connectivity index (χ1v) is 11.9. The average Bonchev–Trinajstić information content (AvgIpc) is 3.64. The number of aromatic nitrogens is 8. The van der Waals surface area contributed by atoms with Crippen molar-refractivity contribution < 1.29 is 28.5 Å². The largest absolute Gasteiger partial charge is 0.463 e. The summed E-state index contributed by atoms with van der Waals surface area (Å²) in [5.41, 5.74) is 5.03. The summed E-state index contributed by atoms with van der Waals surface area (Å²) in [5.74, 6) is -0.790. The number of anilines is 1. The van der Waals surface area contributed by atoms with E-state index in [9.17, 15) is 9.90 Å². The van der Waals surface area contributed by atoms with Crippen molar-refractivity contribution in [1.29, 1.82) is 0 Å². The van der Waals surface area contributed by atoms with Gasteiger partial charge < -0.3 is 25.1 Å². The lowest BCUT2D eigenvalue weighted by atomic mass is 9.93. The first kappa shape index (κ1) is 25.8. The molecule has 3 aromatic heterocycles. The maximum Gasteiger partial charge on any atom is 0.346 e.